The third kappa shape index (κ3) is 2.86. The van der Waals surface area contributed by atoms with Crippen LogP contribution in [0.2, 0.25) is 0 Å². The lowest BCUT2D eigenvalue weighted by Crippen LogP contribution is -2.54. The first kappa shape index (κ1) is 20.9. The molecule has 0 aromatic rings. The van der Waals surface area contributed by atoms with Gasteiger partial charge in [-0.25, -0.2) is 4.79 Å². The van der Waals surface area contributed by atoms with Crippen LogP contribution in [0.25, 0.3) is 0 Å². The number of urea groups is 1. The van der Waals surface area contributed by atoms with E-state index in [1.54, 1.807) is 13.8 Å². The monoisotopic (exact) mass is 440 g/mol. The van der Waals surface area contributed by atoms with E-state index in [1.165, 1.54) is 19.6 Å². The van der Waals surface area contributed by atoms with E-state index >= 15 is 0 Å². The average molecular weight is 441 g/mol. The standard InChI is InChI=1S/C23H28N4O5/c1-13(26-19(28)15-7-3-4-8-16(15)20(26)29)24-11-12-25(23(24)32)14(2)27-21(30)17-9-5-6-10-18(17)22(27)31/h3-6,13-18H,7-12H2,1-2H3. The summed E-state index contributed by atoms with van der Waals surface area (Å²) < 4.78 is 0. The maximum absolute atomic E-state index is 13.3. The summed E-state index contributed by atoms with van der Waals surface area (Å²) in [7, 11) is 0. The Kier molecular flexibility index (Phi) is 4.94. The third-order valence-electron chi connectivity index (χ3n) is 7.81. The molecule has 0 saturated carbocycles. The maximum Gasteiger partial charge on any atom is 0.323 e. The fourth-order valence-corrected chi connectivity index (χ4v) is 5.93. The van der Waals surface area contributed by atoms with Crippen LogP contribution in [0.3, 0.4) is 0 Å². The number of carbonyl (C=O) groups is 5. The van der Waals surface area contributed by atoms with Crippen molar-refractivity contribution in [1.82, 2.24) is 19.6 Å². The van der Waals surface area contributed by atoms with E-state index in [9.17, 15) is 24.0 Å². The van der Waals surface area contributed by atoms with Crippen LogP contribution in [-0.2, 0) is 19.2 Å². The first-order valence-electron chi connectivity index (χ1n) is 11.4. The second-order valence-electron chi connectivity index (χ2n) is 9.34. The highest BCUT2D eigenvalue weighted by Gasteiger charge is 2.54. The predicted molar refractivity (Wildman–Crippen MR) is 112 cm³/mol. The molecule has 3 fully saturated rings. The molecule has 0 bridgehead atoms. The number of fused-ring (bicyclic) bond motifs is 2. The van der Waals surface area contributed by atoms with Gasteiger partial charge in [0.15, 0.2) is 0 Å². The summed E-state index contributed by atoms with van der Waals surface area (Å²) in [5.74, 6) is -2.29. The first-order valence-corrected chi connectivity index (χ1v) is 11.4. The zero-order chi connectivity index (χ0) is 22.7. The quantitative estimate of drug-likeness (QED) is 0.485. The van der Waals surface area contributed by atoms with Crippen LogP contribution >= 0.6 is 0 Å². The van der Waals surface area contributed by atoms with Gasteiger partial charge in [-0.3, -0.25) is 29.0 Å². The Balaban J connectivity index is 1.31. The number of allylic oxidation sites excluding steroid dienone is 4. The predicted octanol–water partition coefficient (Wildman–Crippen LogP) is 1.32. The number of likely N-dealkylation sites (tertiary alicyclic amines) is 2. The van der Waals surface area contributed by atoms with Gasteiger partial charge in [0.1, 0.15) is 12.3 Å². The number of rotatable bonds is 4. The Hall–Kier alpha value is -2.97. The Labute approximate surface area is 186 Å². The molecule has 2 aliphatic carbocycles. The largest absolute Gasteiger partial charge is 0.323 e. The lowest BCUT2D eigenvalue weighted by molar-refractivity contribution is -0.146. The van der Waals surface area contributed by atoms with E-state index in [2.05, 4.69) is 0 Å². The van der Waals surface area contributed by atoms with E-state index < -0.39 is 12.3 Å². The molecule has 0 aromatic heterocycles. The number of nitrogens with zero attached hydrogens (tertiary/aromatic N) is 4. The molecule has 3 heterocycles. The van der Waals surface area contributed by atoms with Crippen LogP contribution in [0.15, 0.2) is 24.3 Å². The summed E-state index contributed by atoms with van der Waals surface area (Å²) in [4.78, 5) is 70.5. The summed E-state index contributed by atoms with van der Waals surface area (Å²) in [6.07, 6.45) is 8.51. The summed E-state index contributed by atoms with van der Waals surface area (Å²) in [5.41, 5.74) is 0. The molecular weight excluding hydrogens is 412 g/mol. The summed E-state index contributed by atoms with van der Waals surface area (Å²) in [6.45, 7) is 4.03. The van der Waals surface area contributed by atoms with Crippen molar-refractivity contribution in [2.45, 2.75) is 51.9 Å². The normalized spacial score (nSPS) is 34.0. The molecule has 6 atom stereocenters. The molecule has 6 amide bonds. The molecule has 6 unspecified atom stereocenters. The molecule has 0 N–H and O–H groups in total. The topological polar surface area (TPSA) is 98.3 Å². The van der Waals surface area contributed by atoms with Crippen LogP contribution in [0.4, 0.5) is 4.79 Å². The van der Waals surface area contributed by atoms with Crippen LogP contribution < -0.4 is 0 Å². The lowest BCUT2D eigenvalue weighted by Gasteiger charge is -2.34. The van der Waals surface area contributed by atoms with Crippen molar-refractivity contribution in [2.75, 3.05) is 13.1 Å². The first-order chi connectivity index (χ1) is 15.3. The van der Waals surface area contributed by atoms with Gasteiger partial charge in [0.05, 0.1) is 23.7 Å². The highest BCUT2D eigenvalue weighted by molar-refractivity contribution is 6.07. The smallest absolute Gasteiger partial charge is 0.302 e. The summed E-state index contributed by atoms with van der Waals surface area (Å²) in [5, 5.41) is 0. The van der Waals surface area contributed by atoms with Crippen LogP contribution in [0.5, 0.6) is 0 Å². The van der Waals surface area contributed by atoms with Gasteiger partial charge in [-0.05, 0) is 39.5 Å². The van der Waals surface area contributed by atoms with Crippen molar-refractivity contribution in [3.63, 3.8) is 0 Å². The van der Waals surface area contributed by atoms with E-state index in [0.717, 1.165) is 0 Å². The van der Waals surface area contributed by atoms with Gasteiger partial charge in [0.2, 0.25) is 23.6 Å². The second kappa shape index (κ2) is 7.56. The zero-order valence-electron chi connectivity index (χ0n) is 18.3. The van der Waals surface area contributed by atoms with Crippen molar-refractivity contribution >= 4 is 29.7 Å². The molecular formula is C23H28N4O5. The fourth-order valence-electron chi connectivity index (χ4n) is 5.93. The SMILES string of the molecule is CC(N1CCN(C(C)N2C(=O)C3CC=CCC3C2=O)C1=O)N1C(=O)C2CC=CCC2C1=O. The summed E-state index contributed by atoms with van der Waals surface area (Å²) >= 11 is 0. The number of carbonyl (C=O) groups excluding carboxylic acids is 5. The van der Waals surface area contributed by atoms with Gasteiger partial charge in [-0.2, -0.15) is 0 Å². The minimum atomic E-state index is -0.706. The number of hydrogen-bond donors (Lipinski definition) is 0. The van der Waals surface area contributed by atoms with Crippen LogP contribution in [-0.4, -0.2) is 74.7 Å². The van der Waals surface area contributed by atoms with E-state index in [4.69, 9.17) is 0 Å². The zero-order valence-corrected chi connectivity index (χ0v) is 18.3. The molecule has 0 spiro atoms. The lowest BCUT2D eigenvalue weighted by atomic mass is 9.85. The van der Waals surface area contributed by atoms with E-state index in [0.29, 0.717) is 38.8 Å². The highest BCUT2D eigenvalue weighted by Crippen LogP contribution is 2.39. The van der Waals surface area contributed by atoms with Gasteiger partial charge in [-0.15, -0.1) is 0 Å². The molecule has 170 valence electrons. The summed E-state index contributed by atoms with van der Waals surface area (Å²) in [6, 6.07) is -0.368. The Morgan fingerprint density at radius 3 is 1.16 bits per heavy atom. The fraction of sp³-hybridized carbons (Fsp3) is 0.609. The molecule has 5 aliphatic rings. The highest BCUT2D eigenvalue weighted by atomic mass is 16.2. The average Bonchev–Trinajstić information content (AvgIpc) is 3.39. The Bertz CT molecular complexity index is 832. The van der Waals surface area contributed by atoms with E-state index in [-0.39, 0.29) is 53.3 Å². The molecule has 3 aliphatic heterocycles. The number of hydrogen-bond acceptors (Lipinski definition) is 5. The van der Waals surface area contributed by atoms with Crippen molar-refractivity contribution in [3.8, 4) is 0 Å². The van der Waals surface area contributed by atoms with Gasteiger partial charge in [-0.1, -0.05) is 24.3 Å². The van der Waals surface area contributed by atoms with E-state index in [1.807, 2.05) is 24.3 Å². The van der Waals surface area contributed by atoms with Gasteiger partial charge in [0, 0.05) is 13.1 Å². The molecule has 0 radical (unpaired) electrons. The minimum Gasteiger partial charge on any atom is -0.302 e. The van der Waals surface area contributed by atoms with Crippen molar-refractivity contribution in [3.05, 3.63) is 24.3 Å². The molecule has 5 rings (SSSR count). The van der Waals surface area contributed by atoms with Crippen LogP contribution in [0.1, 0.15) is 39.5 Å². The number of amides is 6. The minimum absolute atomic E-state index is 0.224. The van der Waals surface area contributed by atoms with Crippen molar-refractivity contribution < 1.29 is 24.0 Å². The van der Waals surface area contributed by atoms with Crippen molar-refractivity contribution in [1.29, 1.82) is 0 Å². The number of imide groups is 2. The maximum atomic E-state index is 13.3. The van der Waals surface area contributed by atoms with Crippen LogP contribution in [0, 0.1) is 23.7 Å². The third-order valence-corrected chi connectivity index (χ3v) is 7.81. The van der Waals surface area contributed by atoms with Gasteiger partial charge >= 0.3 is 6.03 Å². The molecule has 32 heavy (non-hydrogen) atoms. The molecule has 9 heteroatoms. The van der Waals surface area contributed by atoms with Crippen molar-refractivity contribution in [2.24, 2.45) is 23.7 Å². The Morgan fingerprint density at radius 2 is 0.875 bits per heavy atom. The molecule has 3 saturated heterocycles. The second-order valence-corrected chi connectivity index (χ2v) is 9.34. The van der Waals surface area contributed by atoms with Gasteiger partial charge in [0.25, 0.3) is 0 Å². The molecule has 0 aromatic carbocycles. The van der Waals surface area contributed by atoms with Gasteiger partial charge < -0.3 is 9.80 Å². The Morgan fingerprint density at radius 1 is 0.594 bits per heavy atom. The molecule has 9 nitrogen and oxygen atoms in total.